The Morgan fingerprint density at radius 2 is 1.51 bits per heavy atom. The molecule has 4 rings (SSSR count). The number of methoxy groups -OCH3 is 3. The maximum Gasteiger partial charge on any atom is 0.300 e. The van der Waals surface area contributed by atoms with Crippen molar-refractivity contribution < 1.29 is 28.9 Å². The standard InChI is InChI=1S/C31H32ClNO6/c1-17-8-11-20(32)16-22(17)33-27(18-9-13-24(38-6)25(15-18)39-7)26(29(35)30(33)36)28(34)19-10-12-23(37-5)21(14-19)31(2,3)4/h8-16,27,34H,1-7H3/b28-26+. The van der Waals surface area contributed by atoms with E-state index in [1.54, 1.807) is 61.7 Å². The summed E-state index contributed by atoms with van der Waals surface area (Å²) in [6, 6.07) is 14.5. The van der Waals surface area contributed by atoms with Crippen LogP contribution in [-0.4, -0.2) is 38.1 Å². The van der Waals surface area contributed by atoms with Crippen molar-refractivity contribution in [2.45, 2.75) is 39.2 Å². The number of rotatable bonds is 6. The van der Waals surface area contributed by atoms with E-state index >= 15 is 0 Å². The number of halogens is 1. The number of ketones is 1. The molecule has 7 nitrogen and oxygen atoms in total. The van der Waals surface area contributed by atoms with Crippen LogP contribution in [0.15, 0.2) is 60.2 Å². The molecule has 3 aromatic rings. The number of anilines is 1. The summed E-state index contributed by atoms with van der Waals surface area (Å²) in [5.41, 5.74) is 2.64. The molecule has 0 aromatic heterocycles. The number of carbonyl (C=O) groups excluding carboxylic acids is 2. The number of aryl methyl sites for hydroxylation is 1. The predicted octanol–water partition coefficient (Wildman–Crippen LogP) is 6.60. The third kappa shape index (κ3) is 5.06. The molecule has 0 saturated carbocycles. The minimum atomic E-state index is -0.956. The second-order valence-corrected chi connectivity index (χ2v) is 10.8. The van der Waals surface area contributed by atoms with Crippen molar-refractivity contribution >= 4 is 34.7 Å². The van der Waals surface area contributed by atoms with E-state index in [1.165, 1.54) is 19.1 Å². The number of hydrogen-bond acceptors (Lipinski definition) is 6. The Labute approximate surface area is 233 Å². The third-order valence-corrected chi connectivity index (χ3v) is 7.11. The average Bonchev–Trinajstić information content (AvgIpc) is 3.18. The molecule has 204 valence electrons. The molecule has 1 heterocycles. The Balaban J connectivity index is 2.02. The zero-order valence-corrected chi connectivity index (χ0v) is 23.8. The highest BCUT2D eigenvalue weighted by Gasteiger charge is 2.47. The second-order valence-electron chi connectivity index (χ2n) is 10.4. The highest BCUT2D eigenvalue weighted by Crippen LogP contribution is 2.46. The first-order valence-corrected chi connectivity index (χ1v) is 12.8. The van der Waals surface area contributed by atoms with Gasteiger partial charge >= 0.3 is 0 Å². The van der Waals surface area contributed by atoms with Crippen LogP contribution in [0.4, 0.5) is 5.69 Å². The van der Waals surface area contributed by atoms with Gasteiger partial charge in [-0.1, -0.05) is 44.5 Å². The van der Waals surface area contributed by atoms with Crippen molar-refractivity contribution in [3.05, 3.63) is 87.4 Å². The molecule has 1 atom stereocenters. The zero-order valence-electron chi connectivity index (χ0n) is 23.1. The summed E-state index contributed by atoms with van der Waals surface area (Å²) in [7, 11) is 4.61. The molecule has 1 saturated heterocycles. The minimum Gasteiger partial charge on any atom is -0.507 e. The van der Waals surface area contributed by atoms with Crippen molar-refractivity contribution in [1.82, 2.24) is 0 Å². The monoisotopic (exact) mass is 549 g/mol. The average molecular weight is 550 g/mol. The Morgan fingerprint density at radius 1 is 0.872 bits per heavy atom. The molecular weight excluding hydrogens is 518 g/mol. The highest BCUT2D eigenvalue weighted by molar-refractivity contribution is 6.52. The summed E-state index contributed by atoms with van der Waals surface area (Å²) in [5.74, 6) is -0.301. The highest BCUT2D eigenvalue weighted by atomic mass is 35.5. The Hall–Kier alpha value is -3.97. The van der Waals surface area contributed by atoms with Crippen LogP contribution in [0, 0.1) is 6.92 Å². The summed E-state index contributed by atoms with van der Waals surface area (Å²) in [5, 5.41) is 12.1. The third-order valence-electron chi connectivity index (χ3n) is 6.88. The number of amides is 1. The maximum absolute atomic E-state index is 13.6. The smallest absolute Gasteiger partial charge is 0.300 e. The Bertz CT molecular complexity index is 1490. The lowest BCUT2D eigenvalue weighted by atomic mass is 9.84. The van der Waals surface area contributed by atoms with E-state index in [0.29, 0.717) is 39.1 Å². The van der Waals surface area contributed by atoms with Crippen LogP contribution in [0.3, 0.4) is 0 Å². The Morgan fingerprint density at radius 3 is 2.13 bits per heavy atom. The fourth-order valence-corrected chi connectivity index (χ4v) is 5.02. The van der Waals surface area contributed by atoms with Crippen LogP contribution >= 0.6 is 11.6 Å². The lowest BCUT2D eigenvalue weighted by molar-refractivity contribution is -0.132. The van der Waals surface area contributed by atoms with Crippen LogP contribution in [0.5, 0.6) is 17.2 Å². The number of ether oxygens (including phenoxy) is 3. The second kappa shape index (κ2) is 10.7. The predicted molar refractivity (Wildman–Crippen MR) is 152 cm³/mol. The van der Waals surface area contributed by atoms with Crippen molar-refractivity contribution in [2.75, 3.05) is 26.2 Å². The van der Waals surface area contributed by atoms with Crippen molar-refractivity contribution in [3.63, 3.8) is 0 Å². The number of hydrogen-bond donors (Lipinski definition) is 1. The van der Waals surface area contributed by atoms with Crippen molar-refractivity contribution in [1.29, 1.82) is 0 Å². The van der Waals surface area contributed by atoms with Gasteiger partial charge in [0, 0.05) is 21.8 Å². The first kappa shape index (κ1) is 28.0. The van der Waals surface area contributed by atoms with Crippen LogP contribution in [-0.2, 0) is 15.0 Å². The first-order chi connectivity index (χ1) is 18.4. The van der Waals surface area contributed by atoms with Gasteiger partial charge in [-0.3, -0.25) is 14.5 Å². The molecule has 8 heteroatoms. The molecule has 1 N–H and O–H groups in total. The normalized spacial score (nSPS) is 16.9. The van der Waals surface area contributed by atoms with E-state index in [0.717, 1.165) is 11.1 Å². The van der Waals surface area contributed by atoms with Crippen molar-refractivity contribution in [3.8, 4) is 17.2 Å². The molecule has 0 radical (unpaired) electrons. The van der Waals surface area contributed by atoms with Gasteiger partial charge in [0.05, 0.1) is 32.9 Å². The van der Waals surface area contributed by atoms with E-state index in [2.05, 4.69) is 0 Å². The van der Waals surface area contributed by atoms with Gasteiger partial charge in [-0.05, 0) is 65.9 Å². The summed E-state index contributed by atoms with van der Waals surface area (Å²) >= 11 is 6.31. The van der Waals surface area contributed by atoms with Crippen LogP contribution in [0.25, 0.3) is 5.76 Å². The van der Waals surface area contributed by atoms with Gasteiger partial charge in [0.25, 0.3) is 11.7 Å². The van der Waals surface area contributed by atoms with Gasteiger partial charge in [0.2, 0.25) is 0 Å². The fourth-order valence-electron chi connectivity index (χ4n) is 4.86. The van der Waals surface area contributed by atoms with Gasteiger partial charge in [-0.2, -0.15) is 0 Å². The molecule has 39 heavy (non-hydrogen) atoms. The van der Waals surface area contributed by atoms with Gasteiger partial charge < -0.3 is 19.3 Å². The van der Waals surface area contributed by atoms with Crippen LogP contribution < -0.4 is 19.1 Å². The van der Waals surface area contributed by atoms with Crippen molar-refractivity contribution in [2.24, 2.45) is 0 Å². The molecule has 1 fully saturated rings. The quantitative estimate of drug-likeness (QED) is 0.212. The number of aliphatic hydroxyl groups excluding tert-OH is 1. The van der Waals surface area contributed by atoms with Gasteiger partial charge in [0.15, 0.2) is 11.5 Å². The van der Waals surface area contributed by atoms with Crippen LogP contribution in [0.1, 0.15) is 49.1 Å². The number of Topliss-reactive ketones (excluding diaryl/α,β-unsaturated/α-hetero) is 1. The van der Waals surface area contributed by atoms with Crippen LogP contribution in [0.2, 0.25) is 5.02 Å². The molecule has 0 bridgehead atoms. The Kier molecular flexibility index (Phi) is 7.66. The van der Waals surface area contributed by atoms with Gasteiger partial charge in [-0.25, -0.2) is 0 Å². The topological polar surface area (TPSA) is 85.3 Å². The van der Waals surface area contributed by atoms with Gasteiger partial charge in [-0.15, -0.1) is 0 Å². The lowest BCUT2D eigenvalue weighted by Crippen LogP contribution is -2.30. The minimum absolute atomic E-state index is 0.0448. The zero-order chi connectivity index (χ0) is 28.6. The molecule has 1 unspecified atom stereocenters. The number of aliphatic hydroxyl groups is 1. The molecule has 1 aliphatic rings. The molecule has 0 spiro atoms. The summed E-state index contributed by atoms with van der Waals surface area (Å²) in [4.78, 5) is 28.6. The van der Waals surface area contributed by atoms with E-state index < -0.39 is 17.7 Å². The van der Waals surface area contributed by atoms with E-state index in [-0.39, 0.29) is 16.7 Å². The first-order valence-electron chi connectivity index (χ1n) is 12.4. The molecule has 1 aliphatic heterocycles. The summed E-state index contributed by atoms with van der Waals surface area (Å²) in [6.45, 7) is 7.91. The number of benzene rings is 3. The summed E-state index contributed by atoms with van der Waals surface area (Å²) < 4.78 is 16.4. The van der Waals surface area contributed by atoms with E-state index in [9.17, 15) is 14.7 Å². The van der Waals surface area contributed by atoms with E-state index in [1.807, 2.05) is 27.7 Å². The molecular formula is C31H32ClNO6. The largest absolute Gasteiger partial charge is 0.507 e. The van der Waals surface area contributed by atoms with E-state index in [4.69, 9.17) is 25.8 Å². The fraction of sp³-hybridized carbons (Fsp3) is 0.290. The summed E-state index contributed by atoms with van der Waals surface area (Å²) in [6.07, 6.45) is 0. The van der Waals surface area contributed by atoms with Gasteiger partial charge in [0.1, 0.15) is 11.5 Å². The maximum atomic E-state index is 13.6. The SMILES string of the molecule is COc1ccc(C2/C(=C(\O)c3ccc(OC)c(C(C)(C)C)c3)C(=O)C(=O)N2c2cc(Cl)ccc2C)cc1OC. The molecule has 1 amide bonds. The number of carbonyl (C=O) groups is 2. The lowest BCUT2D eigenvalue weighted by Gasteiger charge is -2.27. The molecule has 0 aliphatic carbocycles. The molecule has 3 aromatic carbocycles. The number of nitrogens with zero attached hydrogens (tertiary/aromatic N) is 1.